The van der Waals surface area contributed by atoms with Crippen molar-refractivity contribution < 1.29 is 14.4 Å². The van der Waals surface area contributed by atoms with E-state index in [0.29, 0.717) is 12.1 Å². The predicted octanol–water partition coefficient (Wildman–Crippen LogP) is 0.131. The number of ether oxygens (including phenoxy) is 1. The molecule has 4 rings (SSSR count). The number of rotatable bonds is 5. The van der Waals surface area contributed by atoms with Crippen LogP contribution in [-0.4, -0.2) is 53.8 Å². The van der Waals surface area contributed by atoms with Gasteiger partial charge in [-0.2, -0.15) is 0 Å². The van der Waals surface area contributed by atoms with E-state index in [-0.39, 0.29) is 23.6 Å². The number of carbonyl (C=O) groups excluding carboxylic acids is 1. The van der Waals surface area contributed by atoms with Crippen LogP contribution in [-0.2, 0) is 16.1 Å². The van der Waals surface area contributed by atoms with E-state index in [0.717, 1.165) is 44.7 Å². The van der Waals surface area contributed by atoms with Gasteiger partial charge in [0.05, 0.1) is 37.0 Å². The van der Waals surface area contributed by atoms with Crippen LogP contribution in [0.15, 0.2) is 35.3 Å². The van der Waals surface area contributed by atoms with Crippen LogP contribution in [0.5, 0.6) is 0 Å². The first-order valence-corrected chi connectivity index (χ1v) is 10.3. The molecule has 2 aliphatic rings. The molecule has 2 N–H and O–H groups in total. The Kier molecular flexibility index (Phi) is 5.73. The van der Waals surface area contributed by atoms with Gasteiger partial charge < -0.3 is 15.0 Å². The smallest absolute Gasteiger partial charge is 0.269 e. The minimum Gasteiger partial charge on any atom is -0.370 e. The Hall–Kier alpha value is -2.25. The summed E-state index contributed by atoms with van der Waals surface area (Å²) in [7, 11) is 0. The molecule has 0 atom stereocenters. The van der Waals surface area contributed by atoms with E-state index >= 15 is 0 Å². The topological polar surface area (TPSA) is 77.7 Å². The zero-order valence-corrected chi connectivity index (χ0v) is 16.3. The average molecular weight is 385 g/mol. The zero-order chi connectivity index (χ0) is 19.4. The molecule has 1 amide bonds. The van der Waals surface area contributed by atoms with Gasteiger partial charge in [0.25, 0.3) is 5.56 Å². The lowest BCUT2D eigenvalue weighted by Crippen LogP contribution is -3.23. The van der Waals surface area contributed by atoms with Crippen molar-refractivity contribution in [2.75, 3.05) is 32.8 Å². The Balaban J connectivity index is 1.47. The minimum absolute atomic E-state index is 0.0242. The lowest BCUT2D eigenvalue weighted by Gasteiger charge is -2.45. The number of fused-ring (bicyclic) bond motifs is 1. The van der Waals surface area contributed by atoms with Gasteiger partial charge in [-0.15, -0.1) is 0 Å². The molecule has 7 nitrogen and oxygen atoms in total. The van der Waals surface area contributed by atoms with Crippen LogP contribution in [0, 0.1) is 0 Å². The molecule has 7 heteroatoms. The Morgan fingerprint density at radius 3 is 2.71 bits per heavy atom. The Labute approximate surface area is 164 Å². The summed E-state index contributed by atoms with van der Waals surface area (Å²) >= 11 is 0. The molecule has 2 fully saturated rings. The Morgan fingerprint density at radius 1 is 1.18 bits per heavy atom. The number of benzene rings is 1. The van der Waals surface area contributed by atoms with Crippen molar-refractivity contribution in [1.29, 1.82) is 0 Å². The minimum atomic E-state index is -0.250. The SMILES string of the molecule is O=C(Cn1c(=O)cnc2ccccc21)NCC1([NH+]2CCOCC2)CCCCC1. The third kappa shape index (κ3) is 3.95. The summed E-state index contributed by atoms with van der Waals surface area (Å²) in [5, 5.41) is 3.15. The summed E-state index contributed by atoms with van der Waals surface area (Å²) in [4.78, 5) is 30.8. The van der Waals surface area contributed by atoms with Crippen LogP contribution in [0.1, 0.15) is 32.1 Å². The summed E-state index contributed by atoms with van der Waals surface area (Å²) < 4.78 is 7.05. The number of morpholine rings is 1. The molecule has 0 spiro atoms. The standard InChI is InChI=1S/C21H28N4O3/c26-19(15-25-18-7-3-2-6-17(18)22-14-20(25)27)23-16-21(8-4-1-5-9-21)24-10-12-28-13-11-24/h2-3,6-7,14H,1,4-5,8-13,15-16H2,(H,23,26)/p+1. The van der Waals surface area contributed by atoms with E-state index in [9.17, 15) is 9.59 Å². The van der Waals surface area contributed by atoms with Gasteiger partial charge in [-0.3, -0.25) is 14.2 Å². The number of aromatic nitrogens is 2. The van der Waals surface area contributed by atoms with Crippen molar-refractivity contribution >= 4 is 16.9 Å². The number of nitrogens with zero attached hydrogens (tertiary/aromatic N) is 2. The van der Waals surface area contributed by atoms with Crippen molar-refractivity contribution in [3.63, 3.8) is 0 Å². The molecule has 2 aromatic rings. The Bertz CT molecular complexity index is 883. The van der Waals surface area contributed by atoms with E-state index in [2.05, 4.69) is 10.3 Å². The van der Waals surface area contributed by atoms with Gasteiger partial charge in [0.15, 0.2) is 0 Å². The molecule has 1 aliphatic heterocycles. The Morgan fingerprint density at radius 2 is 1.93 bits per heavy atom. The molecule has 1 aromatic heterocycles. The molecule has 1 saturated heterocycles. The summed E-state index contributed by atoms with van der Waals surface area (Å²) in [5.41, 5.74) is 1.26. The zero-order valence-electron chi connectivity index (χ0n) is 16.3. The third-order valence-electron chi connectivity index (χ3n) is 6.34. The highest BCUT2D eigenvalue weighted by Crippen LogP contribution is 2.25. The molecule has 1 aliphatic carbocycles. The molecule has 150 valence electrons. The second kappa shape index (κ2) is 8.41. The average Bonchev–Trinajstić information content (AvgIpc) is 2.76. The van der Waals surface area contributed by atoms with E-state index in [4.69, 9.17) is 4.74 Å². The molecular weight excluding hydrogens is 356 g/mol. The maximum atomic E-state index is 12.8. The molecule has 0 radical (unpaired) electrons. The summed E-state index contributed by atoms with van der Waals surface area (Å²) in [6, 6.07) is 7.42. The first-order chi connectivity index (χ1) is 13.7. The first-order valence-electron chi connectivity index (χ1n) is 10.3. The highest BCUT2D eigenvalue weighted by atomic mass is 16.5. The lowest BCUT2D eigenvalue weighted by molar-refractivity contribution is -0.960. The van der Waals surface area contributed by atoms with Gasteiger partial charge >= 0.3 is 0 Å². The maximum absolute atomic E-state index is 12.8. The van der Waals surface area contributed by atoms with Crippen LogP contribution < -0.4 is 15.8 Å². The lowest BCUT2D eigenvalue weighted by atomic mass is 9.79. The predicted molar refractivity (Wildman–Crippen MR) is 106 cm³/mol. The molecular formula is C21H29N4O3+. The van der Waals surface area contributed by atoms with Crippen molar-refractivity contribution in [2.24, 2.45) is 0 Å². The molecule has 1 saturated carbocycles. The van der Waals surface area contributed by atoms with E-state index in [1.807, 2.05) is 24.3 Å². The van der Waals surface area contributed by atoms with Crippen LogP contribution in [0.4, 0.5) is 0 Å². The summed E-state index contributed by atoms with van der Waals surface area (Å²) in [5.74, 6) is -0.115. The van der Waals surface area contributed by atoms with Gasteiger partial charge in [0, 0.05) is 12.8 Å². The largest absolute Gasteiger partial charge is 0.370 e. The number of nitrogens with one attached hydrogen (secondary N) is 2. The third-order valence-corrected chi connectivity index (χ3v) is 6.34. The van der Waals surface area contributed by atoms with Crippen molar-refractivity contribution in [2.45, 2.75) is 44.2 Å². The van der Waals surface area contributed by atoms with Gasteiger partial charge in [0.2, 0.25) is 5.91 Å². The van der Waals surface area contributed by atoms with E-state index < -0.39 is 0 Å². The fourth-order valence-electron chi connectivity index (χ4n) is 4.78. The maximum Gasteiger partial charge on any atom is 0.269 e. The van der Waals surface area contributed by atoms with E-state index in [1.54, 1.807) is 4.90 Å². The number of carbonyl (C=O) groups is 1. The van der Waals surface area contributed by atoms with E-state index in [1.165, 1.54) is 30.0 Å². The molecule has 0 unspecified atom stereocenters. The highest BCUT2D eigenvalue weighted by Gasteiger charge is 2.42. The van der Waals surface area contributed by atoms with Gasteiger partial charge in [0.1, 0.15) is 25.2 Å². The molecule has 0 bridgehead atoms. The number of quaternary nitrogens is 1. The second-order valence-electron chi connectivity index (χ2n) is 8.00. The van der Waals surface area contributed by atoms with Gasteiger partial charge in [-0.25, -0.2) is 4.98 Å². The normalized spacial score (nSPS) is 20.1. The van der Waals surface area contributed by atoms with Crippen LogP contribution in [0.2, 0.25) is 0 Å². The monoisotopic (exact) mass is 385 g/mol. The first kappa shape index (κ1) is 19.1. The fraction of sp³-hybridized carbons (Fsp3) is 0.571. The number of hydrogen-bond acceptors (Lipinski definition) is 4. The van der Waals surface area contributed by atoms with Gasteiger partial charge in [-0.1, -0.05) is 18.6 Å². The molecule has 1 aromatic carbocycles. The van der Waals surface area contributed by atoms with Crippen LogP contribution >= 0.6 is 0 Å². The summed E-state index contributed by atoms with van der Waals surface area (Å²) in [6.45, 7) is 4.29. The summed E-state index contributed by atoms with van der Waals surface area (Å²) in [6.07, 6.45) is 7.28. The van der Waals surface area contributed by atoms with Crippen LogP contribution in [0.25, 0.3) is 11.0 Å². The number of hydrogen-bond donors (Lipinski definition) is 2. The second-order valence-corrected chi connectivity index (χ2v) is 8.00. The molecule has 2 heterocycles. The van der Waals surface area contributed by atoms with Crippen molar-refractivity contribution in [1.82, 2.24) is 14.9 Å². The van der Waals surface area contributed by atoms with Gasteiger partial charge in [-0.05, 0) is 25.0 Å². The quantitative estimate of drug-likeness (QED) is 0.767. The van der Waals surface area contributed by atoms with Crippen molar-refractivity contribution in [3.8, 4) is 0 Å². The fourth-order valence-corrected chi connectivity index (χ4v) is 4.78. The molecule has 28 heavy (non-hydrogen) atoms. The number of para-hydroxylation sites is 2. The highest BCUT2D eigenvalue weighted by molar-refractivity contribution is 5.79. The van der Waals surface area contributed by atoms with Crippen LogP contribution in [0.3, 0.4) is 0 Å². The number of amides is 1. The van der Waals surface area contributed by atoms with Crippen molar-refractivity contribution in [3.05, 3.63) is 40.8 Å².